The molecule has 0 fully saturated rings. The Hall–Kier alpha value is -3.51. The van der Waals surface area contributed by atoms with E-state index in [1.165, 1.54) is 11.8 Å². The van der Waals surface area contributed by atoms with Crippen molar-refractivity contribution in [3.05, 3.63) is 71.1 Å². The third kappa shape index (κ3) is 6.30. The summed E-state index contributed by atoms with van der Waals surface area (Å²) < 4.78 is 7.66. The summed E-state index contributed by atoms with van der Waals surface area (Å²) in [5.74, 6) is 0.719. The van der Waals surface area contributed by atoms with Crippen molar-refractivity contribution in [2.45, 2.75) is 30.3 Å². The van der Waals surface area contributed by atoms with Gasteiger partial charge in [-0.1, -0.05) is 49.4 Å². The SMILES string of the molecule is CCN(CC)CC/C=C/c1cc2ncc(C#N)c(Nc3ccc(Sc4nccn4C)c(Cl)c3)c2cc1OC. The van der Waals surface area contributed by atoms with E-state index in [0.29, 0.717) is 16.3 Å². The summed E-state index contributed by atoms with van der Waals surface area (Å²) in [5, 5.41) is 15.5. The molecule has 0 aliphatic heterocycles. The van der Waals surface area contributed by atoms with Crippen molar-refractivity contribution in [1.82, 2.24) is 19.4 Å². The van der Waals surface area contributed by atoms with E-state index in [1.807, 2.05) is 48.1 Å². The molecule has 38 heavy (non-hydrogen) atoms. The third-order valence-electron chi connectivity index (χ3n) is 6.32. The fourth-order valence-electron chi connectivity index (χ4n) is 4.12. The number of nitrogens with one attached hydrogen (secondary N) is 1. The minimum atomic E-state index is 0.435. The summed E-state index contributed by atoms with van der Waals surface area (Å²) in [6.07, 6.45) is 10.4. The highest BCUT2D eigenvalue weighted by Gasteiger charge is 2.14. The molecule has 0 spiro atoms. The summed E-state index contributed by atoms with van der Waals surface area (Å²) in [7, 11) is 3.60. The van der Waals surface area contributed by atoms with E-state index >= 15 is 0 Å². The number of aryl methyl sites for hydroxylation is 1. The van der Waals surface area contributed by atoms with Gasteiger partial charge in [-0.2, -0.15) is 5.26 Å². The van der Waals surface area contributed by atoms with Crippen LogP contribution in [0.15, 0.2) is 65.1 Å². The Balaban J connectivity index is 1.63. The number of ether oxygens (including phenoxy) is 1. The molecule has 0 bridgehead atoms. The number of fused-ring (bicyclic) bond motifs is 1. The average Bonchev–Trinajstić information content (AvgIpc) is 3.34. The zero-order valence-electron chi connectivity index (χ0n) is 22.0. The van der Waals surface area contributed by atoms with Crippen molar-refractivity contribution >= 4 is 51.7 Å². The number of hydrogen-bond acceptors (Lipinski definition) is 7. The number of pyridine rings is 1. The van der Waals surface area contributed by atoms with Gasteiger partial charge in [-0.25, -0.2) is 4.98 Å². The molecular weight excluding hydrogens is 516 g/mol. The van der Waals surface area contributed by atoms with E-state index in [9.17, 15) is 5.26 Å². The molecule has 0 atom stereocenters. The highest BCUT2D eigenvalue weighted by atomic mass is 35.5. The fourth-order valence-corrected chi connectivity index (χ4v) is 5.23. The normalized spacial score (nSPS) is 11.4. The lowest BCUT2D eigenvalue weighted by Gasteiger charge is -2.16. The first kappa shape index (κ1) is 27.5. The quantitative estimate of drug-likeness (QED) is 0.214. The number of benzene rings is 2. The Bertz CT molecular complexity index is 1490. The predicted octanol–water partition coefficient (Wildman–Crippen LogP) is 7.14. The van der Waals surface area contributed by atoms with Gasteiger partial charge in [0.1, 0.15) is 11.8 Å². The Morgan fingerprint density at radius 1 is 1.21 bits per heavy atom. The molecule has 0 amide bonds. The lowest BCUT2D eigenvalue weighted by atomic mass is 10.0. The van der Waals surface area contributed by atoms with Crippen molar-refractivity contribution in [2.24, 2.45) is 7.05 Å². The molecule has 196 valence electrons. The van der Waals surface area contributed by atoms with Crippen LogP contribution in [0, 0.1) is 11.3 Å². The summed E-state index contributed by atoms with van der Waals surface area (Å²) in [4.78, 5) is 12.2. The second-order valence-electron chi connectivity index (χ2n) is 8.68. The highest BCUT2D eigenvalue weighted by Crippen LogP contribution is 2.37. The van der Waals surface area contributed by atoms with Crippen LogP contribution in [0.1, 0.15) is 31.4 Å². The first-order valence-corrected chi connectivity index (χ1v) is 13.7. The van der Waals surface area contributed by atoms with Crippen LogP contribution in [-0.4, -0.2) is 46.2 Å². The molecule has 0 aliphatic carbocycles. The lowest BCUT2D eigenvalue weighted by Crippen LogP contribution is -2.23. The van der Waals surface area contributed by atoms with Crippen molar-refractivity contribution in [1.29, 1.82) is 5.26 Å². The standard InChI is InChI=1S/C29H31ClN6OS/c1-5-36(6-2)13-8-7-9-20-15-25-23(17-26(20)37-4)28(21(18-31)19-33-25)34-22-10-11-27(24(30)16-22)38-29-32-12-14-35(29)3/h7,9-12,14-17,19H,5-6,8,13H2,1-4H3,(H,33,34)/b9-7+. The van der Waals surface area contributed by atoms with Gasteiger partial charge >= 0.3 is 0 Å². The molecule has 9 heteroatoms. The molecule has 4 aromatic rings. The molecule has 0 saturated heterocycles. The van der Waals surface area contributed by atoms with Crippen molar-refractivity contribution in [3.63, 3.8) is 0 Å². The summed E-state index contributed by atoms with van der Waals surface area (Å²) in [6, 6.07) is 11.9. The number of anilines is 2. The second-order valence-corrected chi connectivity index (χ2v) is 10.1. The minimum absolute atomic E-state index is 0.435. The molecule has 0 saturated carbocycles. The largest absolute Gasteiger partial charge is 0.496 e. The van der Waals surface area contributed by atoms with Crippen LogP contribution in [0.3, 0.4) is 0 Å². The van der Waals surface area contributed by atoms with Crippen LogP contribution >= 0.6 is 23.4 Å². The average molecular weight is 547 g/mol. The van der Waals surface area contributed by atoms with Crippen LogP contribution in [0.25, 0.3) is 17.0 Å². The Kier molecular flexibility index (Phi) is 9.29. The summed E-state index contributed by atoms with van der Waals surface area (Å²) in [5.41, 5.74) is 3.57. The topological polar surface area (TPSA) is 79.0 Å². The van der Waals surface area contributed by atoms with Crippen LogP contribution in [0.4, 0.5) is 11.4 Å². The van der Waals surface area contributed by atoms with E-state index in [4.69, 9.17) is 16.3 Å². The van der Waals surface area contributed by atoms with Gasteiger partial charge in [-0.15, -0.1) is 0 Å². The number of nitriles is 1. The van der Waals surface area contributed by atoms with Gasteiger partial charge < -0.3 is 19.5 Å². The van der Waals surface area contributed by atoms with E-state index in [2.05, 4.69) is 52.3 Å². The number of imidazole rings is 1. The number of rotatable bonds is 11. The molecule has 4 rings (SSSR count). The number of hydrogen-bond donors (Lipinski definition) is 1. The van der Waals surface area contributed by atoms with Gasteiger partial charge in [-0.05, 0) is 49.8 Å². The lowest BCUT2D eigenvalue weighted by molar-refractivity contribution is 0.310. The van der Waals surface area contributed by atoms with E-state index < -0.39 is 0 Å². The van der Waals surface area contributed by atoms with Gasteiger partial charge in [0.05, 0.1) is 28.9 Å². The van der Waals surface area contributed by atoms with E-state index in [1.54, 1.807) is 19.5 Å². The smallest absolute Gasteiger partial charge is 0.172 e. The number of methoxy groups -OCH3 is 1. The monoisotopic (exact) mass is 546 g/mol. The van der Waals surface area contributed by atoms with Crippen molar-refractivity contribution in [3.8, 4) is 11.8 Å². The molecule has 2 aromatic carbocycles. The maximum atomic E-state index is 9.82. The van der Waals surface area contributed by atoms with Crippen LogP contribution < -0.4 is 10.1 Å². The molecule has 2 aromatic heterocycles. The molecule has 0 unspecified atom stereocenters. The Labute approximate surface area is 233 Å². The minimum Gasteiger partial charge on any atom is -0.496 e. The fraction of sp³-hybridized carbons (Fsp3) is 0.276. The van der Waals surface area contributed by atoms with Crippen molar-refractivity contribution in [2.75, 3.05) is 32.1 Å². The van der Waals surface area contributed by atoms with Gasteiger partial charge in [0, 0.05) is 53.7 Å². The first-order valence-electron chi connectivity index (χ1n) is 12.5. The zero-order valence-corrected chi connectivity index (χ0v) is 23.6. The third-order valence-corrected chi connectivity index (χ3v) is 7.90. The maximum Gasteiger partial charge on any atom is 0.172 e. The molecule has 0 radical (unpaired) electrons. The molecule has 7 nitrogen and oxygen atoms in total. The Morgan fingerprint density at radius 3 is 2.68 bits per heavy atom. The van der Waals surface area contributed by atoms with Gasteiger partial charge in [0.15, 0.2) is 5.16 Å². The zero-order chi connectivity index (χ0) is 27.1. The highest BCUT2D eigenvalue weighted by molar-refractivity contribution is 7.99. The van der Waals surface area contributed by atoms with Gasteiger partial charge in [-0.3, -0.25) is 4.98 Å². The molecule has 0 aliphatic rings. The van der Waals surface area contributed by atoms with Crippen LogP contribution in [0.2, 0.25) is 5.02 Å². The number of halogens is 1. The Morgan fingerprint density at radius 2 is 2.03 bits per heavy atom. The second kappa shape index (κ2) is 12.8. The summed E-state index contributed by atoms with van der Waals surface area (Å²) in [6.45, 7) is 7.45. The number of aromatic nitrogens is 3. The number of nitrogens with zero attached hydrogens (tertiary/aromatic N) is 5. The predicted molar refractivity (Wildman–Crippen MR) is 157 cm³/mol. The van der Waals surface area contributed by atoms with E-state index in [0.717, 1.165) is 64.0 Å². The van der Waals surface area contributed by atoms with Crippen LogP contribution in [0.5, 0.6) is 5.75 Å². The molecular formula is C29H31ClN6OS. The van der Waals surface area contributed by atoms with Crippen molar-refractivity contribution < 1.29 is 4.74 Å². The van der Waals surface area contributed by atoms with Gasteiger partial charge in [0.2, 0.25) is 0 Å². The van der Waals surface area contributed by atoms with E-state index in [-0.39, 0.29) is 0 Å². The van der Waals surface area contributed by atoms with Crippen LogP contribution in [-0.2, 0) is 7.05 Å². The summed E-state index contributed by atoms with van der Waals surface area (Å²) >= 11 is 8.11. The molecule has 1 N–H and O–H groups in total. The van der Waals surface area contributed by atoms with Gasteiger partial charge in [0.25, 0.3) is 0 Å². The maximum absolute atomic E-state index is 9.82. The molecule has 2 heterocycles. The first-order chi connectivity index (χ1) is 18.5.